The van der Waals surface area contributed by atoms with Gasteiger partial charge in [-0.3, -0.25) is 5.10 Å². The molecule has 0 fully saturated rings. The molecular weight excluding hydrogens is 181 g/mol. The van der Waals surface area contributed by atoms with Crippen molar-refractivity contribution >= 4 is 5.82 Å². The van der Waals surface area contributed by atoms with Gasteiger partial charge in [-0.2, -0.15) is 5.10 Å². The van der Waals surface area contributed by atoms with E-state index in [1.54, 1.807) is 12.1 Å². The van der Waals surface area contributed by atoms with Gasteiger partial charge in [-0.25, -0.2) is 4.39 Å². The lowest BCUT2D eigenvalue weighted by molar-refractivity contribution is 0.628. The highest BCUT2D eigenvalue weighted by Crippen LogP contribution is 2.23. The zero-order chi connectivity index (χ0) is 10.1. The molecule has 0 atom stereocenters. The first-order valence-electron chi connectivity index (χ1n) is 4.24. The van der Waals surface area contributed by atoms with E-state index in [0.717, 1.165) is 16.8 Å². The Labute approximate surface area is 80.8 Å². The van der Waals surface area contributed by atoms with Crippen molar-refractivity contribution in [2.75, 3.05) is 5.73 Å². The van der Waals surface area contributed by atoms with Crippen LogP contribution in [0.5, 0.6) is 0 Å². The minimum atomic E-state index is -0.265. The zero-order valence-corrected chi connectivity index (χ0v) is 7.71. The molecule has 0 unspecified atom stereocenters. The highest BCUT2D eigenvalue weighted by atomic mass is 19.1. The molecule has 0 aliphatic carbocycles. The summed E-state index contributed by atoms with van der Waals surface area (Å²) in [4.78, 5) is 0. The van der Waals surface area contributed by atoms with Crippen molar-refractivity contribution in [2.24, 2.45) is 0 Å². The van der Waals surface area contributed by atoms with Crippen LogP contribution < -0.4 is 5.73 Å². The minimum Gasteiger partial charge on any atom is -0.382 e. The summed E-state index contributed by atoms with van der Waals surface area (Å²) in [5.74, 6) is 0.141. The number of aromatic amines is 1. The van der Waals surface area contributed by atoms with Gasteiger partial charge in [-0.15, -0.1) is 0 Å². The molecule has 0 amide bonds. The van der Waals surface area contributed by atoms with Crippen molar-refractivity contribution in [1.29, 1.82) is 0 Å². The molecule has 3 N–H and O–H groups in total. The molecule has 0 aliphatic heterocycles. The number of halogens is 1. The van der Waals surface area contributed by atoms with Crippen molar-refractivity contribution < 1.29 is 4.39 Å². The fourth-order valence-electron chi connectivity index (χ4n) is 1.36. The third-order valence-electron chi connectivity index (χ3n) is 2.09. The number of aryl methyl sites for hydroxylation is 1. The van der Waals surface area contributed by atoms with Crippen LogP contribution in [0.3, 0.4) is 0 Å². The molecule has 2 rings (SSSR count). The number of benzene rings is 1. The largest absolute Gasteiger partial charge is 0.382 e. The van der Waals surface area contributed by atoms with Crippen LogP contribution in [0.4, 0.5) is 10.2 Å². The topological polar surface area (TPSA) is 54.7 Å². The molecule has 0 aliphatic rings. The third-order valence-corrected chi connectivity index (χ3v) is 2.09. The molecule has 72 valence electrons. The lowest BCUT2D eigenvalue weighted by atomic mass is 10.1. The number of aromatic nitrogens is 2. The SMILES string of the molecule is Cc1ccc(F)cc1-c1cc(N)n[nH]1. The summed E-state index contributed by atoms with van der Waals surface area (Å²) < 4.78 is 13.0. The van der Waals surface area contributed by atoms with Crippen LogP contribution in [0.25, 0.3) is 11.3 Å². The summed E-state index contributed by atoms with van der Waals surface area (Å²) in [6, 6.07) is 6.30. The summed E-state index contributed by atoms with van der Waals surface area (Å²) in [7, 11) is 0. The Morgan fingerprint density at radius 3 is 2.79 bits per heavy atom. The average molecular weight is 191 g/mol. The van der Waals surface area contributed by atoms with Crippen molar-refractivity contribution in [2.45, 2.75) is 6.92 Å². The third kappa shape index (κ3) is 1.46. The van der Waals surface area contributed by atoms with Crippen LogP contribution >= 0.6 is 0 Å². The average Bonchev–Trinajstić information content (AvgIpc) is 2.56. The van der Waals surface area contributed by atoms with Gasteiger partial charge < -0.3 is 5.73 Å². The number of nitrogens with two attached hydrogens (primary N) is 1. The first-order chi connectivity index (χ1) is 6.66. The number of hydrogen-bond donors (Lipinski definition) is 2. The highest BCUT2D eigenvalue weighted by molar-refractivity contribution is 5.65. The Morgan fingerprint density at radius 2 is 2.14 bits per heavy atom. The van der Waals surface area contributed by atoms with Crippen molar-refractivity contribution in [1.82, 2.24) is 10.2 Å². The summed E-state index contributed by atoms with van der Waals surface area (Å²) >= 11 is 0. The van der Waals surface area contributed by atoms with Gasteiger partial charge in [-0.1, -0.05) is 6.07 Å². The second kappa shape index (κ2) is 3.14. The maximum Gasteiger partial charge on any atom is 0.145 e. The fraction of sp³-hybridized carbons (Fsp3) is 0.100. The molecule has 3 nitrogen and oxygen atoms in total. The molecule has 2 aromatic rings. The van der Waals surface area contributed by atoms with Crippen LogP contribution in [0.2, 0.25) is 0 Å². The van der Waals surface area contributed by atoms with Gasteiger partial charge in [0.1, 0.15) is 11.6 Å². The zero-order valence-electron chi connectivity index (χ0n) is 7.71. The molecule has 14 heavy (non-hydrogen) atoms. The van der Waals surface area contributed by atoms with E-state index in [4.69, 9.17) is 5.73 Å². The number of nitrogens with zero attached hydrogens (tertiary/aromatic N) is 1. The Morgan fingerprint density at radius 1 is 1.36 bits per heavy atom. The normalized spacial score (nSPS) is 10.4. The monoisotopic (exact) mass is 191 g/mol. The van der Waals surface area contributed by atoms with E-state index in [-0.39, 0.29) is 5.82 Å². The second-order valence-electron chi connectivity index (χ2n) is 3.17. The van der Waals surface area contributed by atoms with Crippen LogP contribution in [-0.2, 0) is 0 Å². The molecule has 0 saturated carbocycles. The van der Waals surface area contributed by atoms with Crippen LogP contribution in [0.1, 0.15) is 5.56 Å². The van der Waals surface area contributed by atoms with Gasteiger partial charge in [-0.05, 0) is 24.6 Å². The number of nitrogen functional groups attached to an aromatic ring is 1. The Bertz CT molecular complexity index is 462. The first kappa shape index (κ1) is 8.74. The summed E-state index contributed by atoms with van der Waals surface area (Å²) in [6.07, 6.45) is 0. The van der Waals surface area contributed by atoms with Crippen LogP contribution in [-0.4, -0.2) is 10.2 Å². The molecule has 0 radical (unpaired) electrons. The second-order valence-corrected chi connectivity index (χ2v) is 3.17. The van der Waals surface area contributed by atoms with Gasteiger partial charge in [0.05, 0.1) is 5.69 Å². The van der Waals surface area contributed by atoms with Crippen LogP contribution in [0, 0.1) is 12.7 Å². The first-order valence-corrected chi connectivity index (χ1v) is 4.24. The molecule has 4 heteroatoms. The lowest BCUT2D eigenvalue weighted by Gasteiger charge is -2.01. The maximum absolute atomic E-state index is 13.0. The molecule has 0 saturated heterocycles. The smallest absolute Gasteiger partial charge is 0.145 e. The number of H-pyrrole nitrogens is 1. The van der Waals surface area contributed by atoms with Crippen molar-refractivity contribution in [3.63, 3.8) is 0 Å². The van der Waals surface area contributed by atoms with E-state index in [0.29, 0.717) is 5.82 Å². The van der Waals surface area contributed by atoms with Gasteiger partial charge in [0, 0.05) is 11.6 Å². The number of anilines is 1. The molecule has 1 aromatic heterocycles. The number of rotatable bonds is 1. The summed E-state index contributed by atoms with van der Waals surface area (Å²) in [5.41, 5.74) is 7.97. The molecule has 0 spiro atoms. The van der Waals surface area contributed by atoms with E-state index in [1.165, 1.54) is 12.1 Å². The summed E-state index contributed by atoms with van der Waals surface area (Å²) in [6.45, 7) is 1.91. The Balaban J connectivity index is 2.55. The molecule has 1 heterocycles. The van der Waals surface area contributed by atoms with E-state index in [2.05, 4.69) is 10.2 Å². The van der Waals surface area contributed by atoms with Crippen LogP contribution in [0.15, 0.2) is 24.3 Å². The Kier molecular flexibility index (Phi) is 1.96. The predicted molar refractivity (Wildman–Crippen MR) is 53.1 cm³/mol. The molecule has 0 bridgehead atoms. The quantitative estimate of drug-likeness (QED) is 0.725. The minimum absolute atomic E-state index is 0.265. The Hall–Kier alpha value is -1.84. The fourth-order valence-corrected chi connectivity index (χ4v) is 1.36. The van der Waals surface area contributed by atoms with Gasteiger partial charge in [0.2, 0.25) is 0 Å². The number of nitrogens with one attached hydrogen (secondary N) is 1. The molecular formula is C10H10FN3. The van der Waals surface area contributed by atoms with E-state index in [9.17, 15) is 4.39 Å². The van der Waals surface area contributed by atoms with Gasteiger partial charge in [0.15, 0.2) is 0 Å². The van der Waals surface area contributed by atoms with Gasteiger partial charge >= 0.3 is 0 Å². The van der Waals surface area contributed by atoms with E-state index < -0.39 is 0 Å². The predicted octanol–water partition coefficient (Wildman–Crippen LogP) is 2.11. The lowest BCUT2D eigenvalue weighted by Crippen LogP contribution is -1.85. The standard InChI is InChI=1S/C10H10FN3/c1-6-2-3-7(11)4-8(6)9-5-10(12)14-13-9/h2-5H,1H3,(H3,12,13,14). The summed E-state index contributed by atoms with van der Waals surface area (Å²) in [5, 5.41) is 6.54. The van der Waals surface area contributed by atoms with Crippen molar-refractivity contribution in [3.05, 3.63) is 35.6 Å². The van der Waals surface area contributed by atoms with E-state index in [1.807, 2.05) is 6.92 Å². The maximum atomic E-state index is 13.0. The van der Waals surface area contributed by atoms with Crippen molar-refractivity contribution in [3.8, 4) is 11.3 Å². The molecule has 1 aromatic carbocycles. The van der Waals surface area contributed by atoms with E-state index >= 15 is 0 Å². The number of hydrogen-bond acceptors (Lipinski definition) is 2. The van der Waals surface area contributed by atoms with Gasteiger partial charge in [0.25, 0.3) is 0 Å². The highest BCUT2D eigenvalue weighted by Gasteiger charge is 2.05.